The molecule has 0 aliphatic carbocycles. The van der Waals surface area contributed by atoms with Crippen LogP contribution in [-0.2, 0) is 0 Å². The van der Waals surface area contributed by atoms with Gasteiger partial charge in [-0.2, -0.15) is 4.98 Å². The molecule has 5 heteroatoms. The number of hydrogen-bond acceptors (Lipinski definition) is 4. The highest BCUT2D eigenvalue weighted by atomic mass is 15.3. The molecule has 1 heterocycles. The maximum atomic E-state index is 5.43. The average Bonchev–Trinajstić information content (AvgIpc) is 2.56. The molecule has 5 nitrogen and oxygen atoms in total. The van der Waals surface area contributed by atoms with Gasteiger partial charge in [-0.1, -0.05) is 17.7 Å². The first kappa shape index (κ1) is 9.51. The molecule has 4 N–H and O–H groups in total. The predicted octanol–water partition coefficient (Wildman–Crippen LogP) is 1.75. The molecular formula is C10H13N5. The standard InChI is InChI=1S/C10H13N5/c1-6-3-4-8(7(2)5-6)12-10-13-9(11)14-15-10/h3-5H,1-2H3,(H4,11,12,13,14,15). The summed E-state index contributed by atoms with van der Waals surface area (Å²) >= 11 is 0. The number of nitrogen functional groups attached to an aromatic ring is 1. The molecule has 0 amide bonds. The topological polar surface area (TPSA) is 79.6 Å². The minimum atomic E-state index is 0.308. The molecule has 0 atom stereocenters. The van der Waals surface area contributed by atoms with Crippen LogP contribution in [0.2, 0.25) is 0 Å². The Balaban J connectivity index is 2.24. The van der Waals surface area contributed by atoms with Crippen molar-refractivity contribution in [3.63, 3.8) is 0 Å². The van der Waals surface area contributed by atoms with E-state index < -0.39 is 0 Å². The minimum Gasteiger partial charge on any atom is -0.368 e. The molecule has 0 spiro atoms. The number of rotatable bonds is 2. The summed E-state index contributed by atoms with van der Waals surface area (Å²) in [6.45, 7) is 4.09. The van der Waals surface area contributed by atoms with Crippen molar-refractivity contribution in [2.24, 2.45) is 0 Å². The molecule has 78 valence electrons. The minimum absolute atomic E-state index is 0.308. The number of nitrogens with one attached hydrogen (secondary N) is 2. The highest BCUT2D eigenvalue weighted by molar-refractivity contribution is 5.59. The van der Waals surface area contributed by atoms with Gasteiger partial charge in [0.1, 0.15) is 0 Å². The number of H-pyrrole nitrogens is 1. The van der Waals surface area contributed by atoms with Gasteiger partial charge in [0.15, 0.2) is 0 Å². The Bertz CT molecular complexity index is 474. The van der Waals surface area contributed by atoms with E-state index in [1.54, 1.807) is 0 Å². The third-order valence-electron chi connectivity index (χ3n) is 2.13. The van der Waals surface area contributed by atoms with Crippen LogP contribution in [0.25, 0.3) is 0 Å². The largest absolute Gasteiger partial charge is 0.368 e. The van der Waals surface area contributed by atoms with Crippen molar-refractivity contribution in [1.29, 1.82) is 0 Å². The molecule has 0 bridgehead atoms. The lowest BCUT2D eigenvalue weighted by molar-refractivity contribution is 1.10. The third kappa shape index (κ3) is 2.07. The van der Waals surface area contributed by atoms with Crippen molar-refractivity contribution in [1.82, 2.24) is 15.2 Å². The third-order valence-corrected chi connectivity index (χ3v) is 2.13. The SMILES string of the molecule is Cc1ccc(Nc2n[nH]c(N)n2)c(C)c1. The van der Waals surface area contributed by atoms with Crippen LogP contribution in [-0.4, -0.2) is 15.2 Å². The van der Waals surface area contributed by atoms with Crippen molar-refractivity contribution in [2.45, 2.75) is 13.8 Å². The first-order valence-corrected chi connectivity index (χ1v) is 4.67. The predicted molar refractivity (Wildman–Crippen MR) is 60.0 cm³/mol. The summed E-state index contributed by atoms with van der Waals surface area (Å²) in [5, 5.41) is 9.56. The van der Waals surface area contributed by atoms with Crippen molar-refractivity contribution >= 4 is 17.6 Å². The highest BCUT2D eigenvalue weighted by Crippen LogP contribution is 2.19. The van der Waals surface area contributed by atoms with Crippen molar-refractivity contribution in [3.05, 3.63) is 29.3 Å². The summed E-state index contributed by atoms with van der Waals surface area (Å²) in [5.41, 5.74) is 8.79. The number of nitrogens with two attached hydrogens (primary N) is 1. The normalized spacial score (nSPS) is 10.3. The van der Waals surface area contributed by atoms with E-state index in [0.29, 0.717) is 11.9 Å². The summed E-state index contributed by atoms with van der Waals surface area (Å²) in [5.74, 6) is 0.793. The Morgan fingerprint density at radius 2 is 2.13 bits per heavy atom. The summed E-state index contributed by atoms with van der Waals surface area (Å²) in [4.78, 5) is 3.97. The van der Waals surface area contributed by atoms with Crippen LogP contribution in [0.4, 0.5) is 17.6 Å². The van der Waals surface area contributed by atoms with Gasteiger partial charge in [0.05, 0.1) is 0 Å². The number of aromatic amines is 1. The Hall–Kier alpha value is -2.04. The van der Waals surface area contributed by atoms with Gasteiger partial charge in [-0.05, 0) is 25.5 Å². The monoisotopic (exact) mass is 203 g/mol. The van der Waals surface area contributed by atoms with Crippen LogP contribution in [0.3, 0.4) is 0 Å². The molecule has 1 aromatic carbocycles. The van der Waals surface area contributed by atoms with Gasteiger partial charge in [-0.15, -0.1) is 5.10 Å². The second kappa shape index (κ2) is 3.61. The zero-order chi connectivity index (χ0) is 10.8. The molecular weight excluding hydrogens is 190 g/mol. The molecule has 0 fully saturated rings. The van der Waals surface area contributed by atoms with Crippen molar-refractivity contribution < 1.29 is 0 Å². The lowest BCUT2D eigenvalue weighted by atomic mass is 10.1. The molecule has 1 aromatic heterocycles. The number of aromatic nitrogens is 3. The quantitative estimate of drug-likeness (QED) is 0.694. The number of aryl methyl sites for hydroxylation is 2. The maximum absolute atomic E-state index is 5.43. The van der Waals surface area contributed by atoms with E-state index in [2.05, 4.69) is 33.5 Å². The first-order chi connectivity index (χ1) is 7.15. The summed E-state index contributed by atoms with van der Waals surface area (Å²) in [6.07, 6.45) is 0. The lowest BCUT2D eigenvalue weighted by Gasteiger charge is -2.06. The van der Waals surface area contributed by atoms with Gasteiger partial charge in [0.2, 0.25) is 11.9 Å². The lowest BCUT2D eigenvalue weighted by Crippen LogP contribution is -1.95. The average molecular weight is 203 g/mol. The molecule has 0 radical (unpaired) electrons. The smallest absolute Gasteiger partial charge is 0.248 e. The fourth-order valence-electron chi connectivity index (χ4n) is 1.40. The van der Waals surface area contributed by atoms with Gasteiger partial charge in [-0.25, -0.2) is 5.10 Å². The van der Waals surface area contributed by atoms with Gasteiger partial charge in [-0.3, -0.25) is 0 Å². The van der Waals surface area contributed by atoms with E-state index in [0.717, 1.165) is 11.3 Å². The van der Waals surface area contributed by atoms with E-state index in [4.69, 9.17) is 5.73 Å². The second-order valence-electron chi connectivity index (χ2n) is 3.49. The fraction of sp³-hybridized carbons (Fsp3) is 0.200. The van der Waals surface area contributed by atoms with Crippen LogP contribution >= 0.6 is 0 Å². The Kier molecular flexibility index (Phi) is 2.29. The van der Waals surface area contributed by atoms with Crippen LogP contribution in [0, 0.1) is 13.8 Å². The van der Waals surface area contributed by atoms with Gasteiger partial charge in [0, 0.05) is 5.69 Å². The summed E-state index contributed by atoms with van der Waals surface area (Å²) < 4.78 is 0. The molecule has 2 rings (SSSR count). The van der Waals surface area contributed by atoms with Gasteiger partial charge in [0.25, 0.3) is 0 Å². The first-order valence-electron chi connectivity index (χ1n) is 4.67. The maximum Gasteiger partial charge on any atom is 0.248 e. The molecule has 15 heavy (non-hydrogen) atoms. The van der Waals surface area contributed by atoms with Crippen LogP contribution in [0.5, 0.6) is 0 Å². The number of benzene rings is 1. The van der Waals surface area contributed by atoms with Crippen LogP contribution < -0.4 is 11.1 Å². The van der Waals surface area contributed by atoms with Crippen LogP contribution in [0.15, 0.2) is 18.2 Å². The molecule has 0 saturated carbocycles. The fourth-order valence-corrected chi connectivity index (χ4v) is 1.40. The molecule has 0 saturated heterocycles. The van der Waals surface area contributed by atoms with Crippen molar-refractivity contribution in [3.8, 4) is 0 Å². The summed E-state index contributed by atoms with van der Waals surface area (Å²) in [6, 6.07) is 6.13. The molecule has 0 unspecified atom stereocenters. The molecule has 0 aliphatic rings. The highest BCUT2D eigenvalue weighted by Gasteiger charge is 2.02. The van der Waals surface area contributed by atoms with E-state index in [9.17, 15) is 0 Å². The van der Waals surface area contributed by atoms with Crippen LogP contribution in [0.1, 0.15) is 11.1 Å². The van der Waals surface area contributed by atoms with E-state index >= 15 is 0 Å². The van der Waals surface area contributed by atoms with Crippen molar-refractivity contribution in [2.75, 3.05) is 11.1 Å². The zero-order valence-corrected chi connectivity index (χ0v) is 8.70. The number of nitrogens with zero attached hydrogens (tertiary/aromatic N) is 2. The van der Waals surface area contributed by atoms with Gasteiger partial charge >= 0.3 is 0 Å². The van der Waals surface area contributed by atoms with E-state index in [1.165, 1.54) is 5.56 Å². The molecule has 0 aliphatic heterocycles. The van der Waals surface area contributed by atoms with E-state index in [-0.39, 0.29) is 0 Å². The Morgan fingerprint density at radius 3 is 2.73 bits per heavy atom. The molecule has 2 aromatic rings. The number of hydrogen-bond donors (Lipinski definition) is 3. The zero-order valence-electron chi connectivity index (χ0n) is 8.70. The Morgan fingerprint density at radius 1 is 1.33 bits per heavy atom. The summed E-state index contributed by atoms with van der Waals surface area (Å²) in [7, 11) is 0. The van der Waals surface area contributed by atoms with E-state index in [1.807, 2.05) is 19.1 Å². The Labute approximate surface area is 87.7 Å². The van der Waals surface area contributed by atoms with Gasteiger partial charge < -0.3 is 11.1 Å². The number of anilines is 3. The second-order valence-corrected chi connectivity index (χ2v) is 3.49.